The van der Waals surface area contributed by atoms with Gasteiger partial charge in [0.2, 0.25) is 0 Å². The maximum Gasteiger partial charge on any atom is 0.295 e. The van der Waals surface area contributed by atoms with Gasteiger partial charge >= 0.3 is 0 Å². The number of aromatic nitrogens is 2. The van der Waals surface area contributed by atoms with Gasteiger partial charge in [0.1, 0.15) is 17.3 Å². The highest BCUT2D eigenvalue weighted by Gasteiger charge is 2.46. The molecular weight excluding hydrogens is 384 g/mol. The van der Waals surface area contributed by atoms with Gasteiger partial charge in [-0.05, 0) is 45.6 Å². The molecule has 2 heterocycles. The number of Topliss-reactive ketones (excluding diaryl/α,β-unsaturated/α-hetero) is 1. The molecule has 8 heteroatoms. The molecule has 1 aliphatic heterocycles. The second-order valence-corrected chi connectivity index (χ2v) is 7.49. The van der Waals surface area contributed by atoms with E-state index in [-0.39, 0.29) is 11.3 Å². The fourth-order valence-corrected chi connectivity index (χ4v) is 3.51. The molecule has 0 aliphatic carbocycles. The van der Waals surface area contributed by atoms with Gasteiger partial charge in [-0.1, -0.05) is 12.1 Å². The van der Waals surface area contributed by atoms with E-state index in [0.29, 0.717) is 41.5 Å². The molecule has 1 unspecified atom stereocenters. The summed E-state index contributed by atoms with van der Waals surface area (Å²) in [7, 11) is 5.36. The average molecular weight is 410 g/mol. The highest BCUT2D eigenvalue weighted by molar-refractivity contribution is 6.46. The number of methoxy groups -OCH3 is 1. The summed E-state index contributed by atoms with van der Waals surface area (Å²) in [5.41, 5.74) is 1.62. The lowest BCUT2D eigenvalue weighted by Crippen LogP contribution is -2.35. The summed E-state index contributed by atoms with van der Waals surface area (Å²) in [6.07, 6.45) is 1.48. The molecule has 1 amide bonds. The number of aliphatic hydroxyl groups excluding tert-OH is 1. The van der Waals surface area contributed by atoms with Crippen molar-refractivity contribution in [2.45, 2.75) is 19.9 Å². The highest BCUT2D eigenvalue weighted by atomic mass is 16.5. The molecule has 158 valence electrons. The van der Waals surface area contributed by atoms with Crippen molar-refractivity contribution in [3.8, 4) is 5.75 Å². The van der Waals surface area contributed by atoms with Gasteiger partial charge in [0, 0.05) is 19.3 Å². The van der Waals surface area contributed by atoms with Crippen LogP contribution in [0.1, 0.15) is 28.7 Å². The van der Waals surface area contributed by atoms with E-state index >= 15 is 0 Å². The van der Waals surface area contributed by atoms with Crippen LogP contribution in [-0.4, -0.2) is 70.9 Å². The first-order valence-corrected chi connectivity index (χ1v) is 9.62. The predicted octanol–water partition coefficient (Wildman–Crippen LogP) is 2.09. The number of aliphatic hydroxyl groups is 1. The first-order valence-electron chi connectivity index (χ1n) is 9.62. The molecular formula is C22H26N4O4. The minimum absolute atomic E-state index is 0.0412. The van der Waals surface area contributed by atoms with Gasteiger partial charge in [-0.25, -0.2) is 9.97 Å². The van der Waals surface area contributed by atoms with Crippen molar-refractivity contribution in [2.75, 3.05) is 34.3 Å². The number of ether oxygens (including phenoxy) is 1. The number of carbonyl (C=O) groups excluding carboxylic acids is 2. The van der Waals surface area contributed by atoms with Gasteiger partial charge in [0.15, 0.2) is 0 Å². The number of benzene rings is 1. The number of nitrogens with zero attached hydrogens (tertiary/aromatic N) is 4. The van der Waals surface area contributed by atoms with Crippen LogP contribution in [0.4, 0.5) is 0 Å². The Morgan fingerprint density at radius 1 is 1.20 bits per heavy atom. The number of amides is 1. The number of ketones is 1. The number of aryl methyl sites for hydroxylation is 2. The normalized spacial score (nSPS) is 18.3. The number of carbonyl (C=O) groups is 2. The Morgan fingerprint density at radius 2 is 1.87 bits per heavy atom. The predicted molar refractivity (Wildman–Crippen MR) is 112 cm³/mol. The minimum atomic E-state index is -0.716. The Morgan fingerprint density at radius 3 is 2.43 bits per heavy atom. The van der Waals surface area contributed by atoms with Crippen LogP contribution in [0.25, 0.3) is 5.76 Å². The van der Waals surface area contributed by atoms with Crippen LogP contribution in [-0.2, 0) is 9.59 Å². The van der Waals surface area contributed by atoms with E-state index in [0.717, 1.165) is 0 Å². The topological polar surface area (TPSA) is 95.9 Å². The van der Waals surface area contributed by atoms with E-state index in [4.69, 9.17) is 4.74 Å². The molecule has 1 aromatic carbocycles. The van der Waals surface area contributed by atoms with E-state index in [9.17, 15) is 14.7 Å². The molecule has 0 bridgehead atoms. The summed E-state index contributed by atoms with van der Waals surface area (Å²) in [6, 6.07) is 6.41. The van der Waals surface area contributed by atoms with E-state index < -0.39 is 17.7 Å². The second kappa shape index (κ2) is 8.62. The zero-order chi connectivity index (χ0) is 22.0. The Hall–Kier alpha value is -3.26. The summed E-state index contributed by atoms with van der Waals surface area (Å²) in [5, 5.41) is 11.1. The van der Waals surface area contributed by atoms with Gasteiger partial charge in [0.25, 0.3) is 11.7 Å². The minimum Gasteiger partial charge on any atom is -0.507 e. The lowest BCUT2D eigenvalue weighted by molar-refractivity contribution is -0.140. The largest absolute Gasteiger partial charge is 0.507 e. The molecule has 2 aromatic rings. The lowest BCUT2D eigenvalue weighted by atomic mass is 9.95. The summed E-state index contributed by atoms with van der Waals surface area (Å²) < 4.78 is 5.22. The van der Waals surface area contributed by atoms with Crippen LogP contribution in [0.3, 0.4) is 0 Å². The van der Waals surface area contributed by atoms with Gasteiger partial charge < -0.3 is 19.6 Å². The molecule has 1 aromatic heterocycles. The Kier molecular flexibility index (Phi) is 6.17. The van der Waals surface area contributed by atoms with Crippen LogP contribution in [0.2, 0.25) is 0 Å². The smallest absolute Gasteiger partial charge is 0.295 e. The molecule has 8 nitrogen and oxygen atoms in total. The number of hydrogen-bond donors (Lipinski definition) is 1. The zero-order valence-corrected chi connectivity index (χ0v) is 17.8. The summed E-state index contributed by atoms with van der Waals surface area (Å²) in [6.45, 7) is 4.39. The number of hydrogen-bond acceptors (Lipinski definition) is 7. The van der Waals surface area contributed by atoms with Gasteiger partial charge in [0.05, 0.1) is 30.0 Å². The van der Waals surface area contributed by atoms with Crippen molar-refractivity contribution in [1.82, 2.24) is 19.8 Å². The monoisotopic (exact) mass is 410 g/mol. The molecule has 0 saturated carbocycles. The maximum absolute atomic E-state index is 13.0. The lowest BCUT2D eigenvalue weighted by Gasteiger charge is -2.26. The van der Waals surface area contributed by atoms with Gasteiger partial charge in [-0.15, -0.1) is 0 Å². The molecule has 1 aliphatic rings. The van der Waals surface area contributed by atoms with E-state index in [1.807, 2.05) is 19.0 Å². The quantitative estimate of drug-likeness (QED) is 0.442. The molecule has 30 heavy (non-hydrogen) atoms. The molecule has 1 fully saturated rings. The van der Waals surface area contributed by atoms with Crippen molar-refractivity contribution in [2.24, 2.45) is 0 Å². The highest BCUT2D eigenvalue weighted by Crippen LogP contribution is 2.39. The maximum atomic E-state index is 13.0. The van der Waals surface area contributed by atoms with Crippen molar-refractivity contribution < 1.29 is 19.4 Å². The van der Waals surface area contributed by atoms with Crippen molar-refractivity contribution in [1.29, 1.82) is 0 Å². The molecule has 1 atom stereocenters. The zero-order valence-electron chi connectivity index (χ0n) is 17.8. The Bertz CT molecular complexity index is 999. The standard InChI is InChI=1S/C22H26N4O4/c1-13-17(12-23-14(2)24-13)20(27)18-19(15-6-8-16(30-5)9-7-15)26(11-10-25(3)4)22(29)21(18)28/h6-9,12,19,27H,10-11H2,1-5H3/b20-18+. The Labute approximate surface area is 175 Å². The van der Waals surface area contributed by atoms with Crippen LogP contribution in [0, 0.1) is 13.8 Å². The first-order chi connectivity index (χ1) is 14.2. The third-order valence-corrected chi connectivity index (χ3v) is 5.11. The van der Waals surface area contributed by atoms with E-state index in [1.54, 1.807) is 45.2 Å². The third kappa shape index (κ3) is 4.04. The van der Waals surface area contributed by atoms with Crippen LogP contribution in [0.15, 0.2) is 36.0 Å². The molecule has 1 N–H and O–H groups in total. The number of likely N-dealkylation sites (N-methyl/N-ethyl adjacent to an activating group) is 1. The van der Waals surface area contributed by atoms with Gasteiger partial charge in [-0.3, -0.25) is 9.59 Å². The SMILES string of the molecule is COc1ccc(C2/C(=C(\O)c3cnc(C)nc3C)C(=O)C(=O)N2CCN(C)C)cc1. The third-order valence-electron chi connectivity index (χ3n) is 5.11. The first kappa shape index (κ1) is 21.4. The fourth-order valence-electron chi connectivity index (χ4n) is 3.51. The van der Waals surface area contributed by atoms with E-state index in [2.05, 4.69) is 9.97 Å². The Balaban J connectivity index is 2.16. The summed E-state index contributed by atoms with van der Waals surface area (Å²) in [4.78, 5) is 37.7. The van der Waals surface area contributed by atoms with Crippen LogP contribution >= 0.6 is 0 Å². The van der Waals surface area contributed by atoms with Crippen LogP contribution < -0.4 is 4.74 Å². The molecule has 0 spiro atoms. The van der Waals surface area contributed by atoms with E-state index in [1.165, 1.54) is 11.1 Å². The summed E-state index contributed by atoms with van der Waals surface area (Å²) >= 11 is 0. The summed E-state index contributed by atoms with van der Waals surface area (Å²) in [5.74, 6) is -0.398. The van der Waals surface area contributed by atoms with Gasteiger partial charge in [-0.2, -0.15) is 0 Å². The molecule has 3 rings (SSSR count). The second-order valence-electron chi connectivity index (χ2n) is 7.49. The average Bonchev–Trinajstić information content (AvgIpc) is 2.96. The van der Waals surface area contributed by atoms with Crippen molar-refractivity contribution in [3.63, 3.8) is 0 Å². The number of likely N-dealkylation sites (tertiary alicyclic amines) is 1. The molecule has 1 saturated heterocycles. The van der Waals surface area contributed by atoms with Crippen molar-refractivity contribution in [3.05, 3.63) is 58.7 Å². The number of rotatable bonds is 6. The van der Waals surface area contributed by atoms with Crippen molar-refractivity contribution >= 4 is 17.4 Å². The molecule has 0 radical (unpaired) electrons. The fraction of sp³-hybridized carbons (Fsp3) is 0.364. The van der Waals surface area contributed by atoms with Crippen LogP contribution in [0.5, 0.6) is 5.75 Å².